The molecule has 0 spiro atoms. The molecule has 0 saturated heterocycles. The van der Waals surface area contributed by atoms with Crippen molar-refractivity contribution < 1.29 is 9.15 Å². The molecule has 17 heavy (non-hydrogen) atoms. The van der Waals surface area contributed by atoms with Crippen LogP contribution < -0.4 is 10.1 Å². The van der Waals surface area contributed by atoms with Crippen LogP contribution in [0.2, 0.25) is 0 Å². The Labute approximate surface area is 101 Å². The predicted octanol–water partition coefficient (Wildman–Crippen LogP) is 3.11. The van der Waals surface area contributed by atoms with Crippen LogP contribution in [0.15, 0.2) is 28.7 Å². The van der Waals surface area contributed by atoms with Gasteiger partial charge in [0.2, 0.25) is 0 Å². The highest BCUT2D eigenvalue weighted by Gasteiger charge is 2.33. The van der Waals surface area contributed by atoms with Gasteiger partial charge < -0.3 is 14.5 Å². The number of furan rings is 1. The van der Waals surface area contributed by atoms with E-state index in [0.717, 1.165) is 28.4 Å². The maximum Gasteiger partial charge on any atom is 0.176 e. The minimum absolute atomic E-state index is 0.340. The van der Waals surface area contributed by atoms with Gasteiger partial charge in [-0.25, -0.2) is 0 Å². The van der Waals surface area contributed by atoms with Crippen LogP contribution in [0.4, 0.5) is 0 Å². The van der Waals surface area contributed by atoms with Crippen molar-refractivity contribution in [3.8, 4) is 5.75 Å². The zero-order chi connectivity index (χ0) is 11.8. The average molecular weight is 231 g/mol. The normalized spacial score (nSPS) is 17.3. The Kier molecular flexibility index (Phi) is 2.56. The summed E-state index contributed by atoms with van der Waals surface area (Å²) in [6, 6.07) is 8.45. The van der Waals surface area contributed by atoms with Crippen LogP contribution in [0, 0.1) is 5.92 Å². The molecule has 1 N–H and O–H groups in total. The first-order valence-electron chi connectivity index (χ1n) is 6.07. The zero-order valence-corrected chi connectivity index (χ0v) is 10.2. The Hall–Kier alpha value is -1.48. The van der Waals surface area contributed by atoms with Crippen LogP contribution in [0.3, 0.4) is 0 Å². The lowest BCUT2D eigenvalue weighted by Gasteiger charge is -2.11. The van der Waals surface area contributed by atoms with E-state index in [1.807, 2.05) is 19.2 Å². The fourth-order valence-electron chi connectivity index (χ4n) is 2.41. The highest BCUT2D eigenvalue weighted by molar-refractivity contribution is 5.83. The number of para-hydroxylation sites is 1. The van der Waals surface area contributed by atoms with Crippen molar-refractivity contribution in [3.63, 3.8) is 0 Å². The summed E-state index contributed by atoms with van der Waals surface area (Å²) < 4.78 is 11.3. The number of hydrogen-bond acceptors (Lipinski definition) is 3. The van der Waals surface area contributed by atoms with E-state index < -0.39 is 0 Å². The van der Waals surface area contributed by atoms with E-state index in [-0.39, 0.29) is 0 Å². The molecule has 0 bridgehead atoms. The molecule has 3 heteroatoms. The maximum atomic E-state index is 5.96. The molecule has 0 aliphatic heterocycles. The third-order valence-corrected chi connectivity index (χ3v) is 3.46. The molecule has 1 aromatic carbocycles. The van der Waals surface area contributed by atoms with E-state index in [1.165, 1.54) is 12.8 Å². The van der Waals surface area contributed by atoms with Crippen molar-refractivity contribution >= 4 is 11.0 Å². The fraction of sp³-hybridized carbons (Fsp3) is 0.429. The zero-order valence-electron chi connectivity index (χ0n) is 10.2. The first-order chi connectivity index (χ1) is 8.33. The monoisotopic (exact) mass is 231 g/mol. The van der Waals surface area contributed by atoms with Crippen LogP contribution >= 0.6 is 0 Å². The Morgan fingerprint density at radius 2 is 2.24 bits per heavy atom. The molecule has 1 aromatic heterocycles. The van der Waals surface area contributed by atoms with E-state index in [1.54, 1.807) is 7.11 Å². The van der Waals surface area contributed by atoms with Gasteiger partial charge in [0.15, 0.2) is 11.3 Å². The maximum absolute atomic E-state index is 5.96. The van der Waals surface area contributed by atoms with Crippen LogP contribution in [-0.2, 0) is 0 Å². The lowest BCUT2D eigenvalue weighted by molar-refractivity contribution is 0.391. The third kappa shape index (κ3) is 1.80. The lowest BCUT2D eigenvalue weighted by Crippen LogP contribution is -2.17. The topological polar surface area (TPSA) is 34.4 Å². The smallest absolute Gasteiger partial charge is 0.176 e. The molecule has 0 radical (unpaired) electrons. The SMILES string of the molecule is CNC(c1cc2cccc(OC)c2o1)C1CC1. The molecule has 90 valence electrons. The molecule has 1 saturated carbocycles. The fourth-order valence-corrected chi connectivity index (χ4v) is 2.41. The van der Waals surface area contributed by atoms with E-state index in [0.29, 0.717) is 6.04 Å². The van der Waals surface area contributed by atoms with Crippen molar-refractivity contribution in [2.75, 3.05) is 14.2 Å². The minimum atomic E-state index is 0.340. The summed E-state index contributed by atoms with van der Waals surface area (Å²) >= 11 is 0. The first kappa shape index (κ1) is 10.7. The van der Waals surface area contributed by atoms with Crippen LogP contribution in [0.1, 0.15) is 24.6 Å². The van der Waals surface area contributed by atoms with Gasteiger partial charge in [-0.3, -0.25) is 0 Å². The predicted molar refractivity (Wildman–Crippen MR) is 67.3 cm³/mol. The van der Waals surface area contributed by atoms with Gasteiger partial charge in [0.05, 0.1) is 13.2 Å². The highest BCUT2D eigenvalue weighted by Crippen LogP contribution is 2.42. The van der Waals surface area contributed by atoms with E-state index in [4.69, 9.17) is 9.15 Å². The van der Waals surface area contributed by atoms with Gasteiger partial charge in [-0.1, -0.05) is 12.1 Å². The van der Waals surface area contributed by atoms with Crippen LogP contribution in [0.5, 0.6) is 5.75 Å². The Bertz CT molecular complexity index is 528. The number of fused-ring (bicyclic) bond motifs is 1. The summed E-state index contributed by atoms with van der Waals surface area (Å²) in [6.07, 6.45) is 2.58. The van der Waals surface area contributed by atoms with Gasteiger partial charge in [0, 0.05) is 5.39 Å². The summed E-state index contributed by atoms with van der Waals surface area (Å²) in [6.45, 7) is 0. The molecular weight excluding hydrogens is 214 g/mol. The summed E-state index contributed by atoms with van der Waals surface area (Å²) in [5.74, 6) is 2.56. The molecule has 1 aliphatic carbocycles. The molecule has 2 aromatic rings. The van der Waals surface area contributed by atoms with E-state index in [2.05, 4.69) is 17.4 Å². The van der Waals surface area contributed by atoms with Gasteiger partial charge in [0.25, 0.3) is 0 Å². The van der Waals surface area contributed by atoms with Crippen molar-refractivity contribution in [3.05, 3.63) is 30.0 Å². The number of methoxy groups -OCH3 is 1. The van der Waals surface area contributed by atoms with Gasteiger partial charge in [-0.15, -0.1) is 0 Å². The molecule has 1 atom stereocenters. The minimum Gasteiger partial charge on any atom is -0.493 e. The van der Waals surface area contributed by atoms with Crippen LogP contribution in [0.25, 0.3) is 11.0 Å². The lowest BCUT2D eigenvalue weighted by atomic mass is 10.1. The molecule has 1 heterocycles. The largest absolute Gasteiger partial charge is 0.493 e. The standard InChI is InChI=1S/C14H17NO2/c1-15-13(9-6-7-9)12-8-10-4-3-5-11(16-2)14(10)17-12/h3-5,8-9,13,15H,6-7H2,1-2H3. The van der Waals surface area contributed by atoms with Crippen molar-refractivity contribution in [2.24, 2.45) is 5.92 Å². The number of ether oxygens (including phenoxy) is 1. The molecule has 3 nitrogen and oxygen atoms in total. The number of benzene rings is 1. The van der Waals surface area contributed by atoms with Gasteiger partial charge >= 0.3 is 0 Å². The molecule has 3 rings (SSSR count). The van der Waals surface area contributed by atoms with Gasteiger partial charge in [-0.05, 0) is 37.9 Å². The highest BCUT2D eigenvalue weighted by atomic mass is 16.5. The Morgan fingerprint density at radius 3 is 2.88 bits per heavy atom. The summed E-state index contributed by atoms with van der Waals surface area (Å²) in [5.41, 5.74) is 0.853. The van der Waals surface area contributed by atoms with E-state index in [9.17, 15) is 0 Å². The molecular formula is C14H17NO2. The number of hydrogen-bond donors (Lipinski definition) is 1. The van der Waals surface area contributed by atoms with E-state index >= 15 is 0 Å². The van der Waals surface area contributed by atoms with Crippen LogP contribution in [-0.4, -0.2) is 14.2 Å². The second-order valence-corrected chi connectivity index (χ2v) is 4.63. The average Bonchev–Trinajstić information content (AvgIpc) is 3.08. The number of nitrogens with one attached hydrogen (secondary N) is 1. The molecule has 0 amide bonds. The summed E-state index contributed by atoms with van der Waals surface area (Å²) in [4.78, 5) is 0. The van der Waals surface area contributed by atoms with Gasteiger partial charge in [-0.2, -0.15) is 0 Å². The van der Waals surface area contributed by atoms with Crippen molar-refractivity contribution in [1.29, 1.82) is 0 Å². The molecule has 1 unspecified atom stereocenters. The summed E-state index contributed by atoms with van der Waals surface area (Å²) in [5, 5.41) is 4.46. The molecule has 1 fully saturated rings. The van der Waals surface area contributed by atoms with Gasteiger partial charge in [0.1, 0.15) is 5.76 Å². The number of rotatable bonds is 4. The third-order valence-electron chi connectivity index (χ3n) is 3.46. The second kappa shape index (κ2) is 4.08. The second-order valence-electron chi connectivity index (χ2n) is 4.63. The summed E-state index contributed by atoms with van der Waals surface area (Å²) in [7, 11) is 3.67. The Balaban J connectivity index is 2.05. The van der Waals surface area contributed by atoms with Crippen molar-refractivity contribution in [1.82, 2.24) is 5.32 Å². The molecule has 1 aliphatic rings. The quantitative estimate of drug-likeness (QED) is 0.878. The van der Waals surface area contributed by atoms with Crippen molar-refractivity contribution in [2.45, 2.75) is 18.9 Å². The Morgan fingerprint density at radius 1 is 1.41 bits per heavy atom. The first-order valence-corrected chi connectivity index (χ1v) is 6.07.